The molecule has 1 aliphatic heterocycles. The maximum absolute atomic E-state index is 12.7. The van der Waals surface area contributed by atoms with E-state index in [0.717, 1.165) is 4.90 Å². The Labute approximate surface area is 176 Å². The van der Waals surface area contributed by atoms with Gasteiger partial charge in [0, 0.05) is 5.02 Å². The van der Waals surface area contributed by atoms with Crippen LogP contribution in [0.2, 0.25) is 5.02 Å². The number of hydrogen-bond donors (Lipinski definition) is 1. The van der Waals surface area contributed by atoms with Crippen molar-refractivity contribution < 1.29 is 19.1 Å². The van der Waals surface area contributed by atoms with Crippen LogP contribution in [0.3, 0.4) is 0 Å². The Bertz CT molecular complexity index is 975. The van der Waals surface area contributed by atoms with Crippen molar-refractivity contribution in [2.75, 3.05) is 12.0 Å². The van der Waals surface area contributed by atoms with Crippen LogP contribution in [-0.2, 0) is 4.79 Å². The van der Waals surface area contributed by atoms with Crippen LogP contribution < -0.4 is 19.7 Å². The van der Waals surface area contributed by atoms with Crippen molar-refractivity contribution in [1.82, 2.24) is 5.32 Å². The SMILES string of the molecule is COc1cc(/C=C2/NC(=O)N(c3cccc(Cl)c3)C2=O)cc(Br)c1OC(C)C. The quantitative estimate of drug-likeness (QED) is 0.499. The van der Waals surface area contributed by atoms with Gasteiger partial charge in [0.2, 0.25) is 0 Å². The molecule has 0 aromatic heterocycles. The highest BCUT2D eigenvalue weighted by Gasteiger charge is 2.35. The number of hydrogen-bond acceptors (Lipinski definition) is 4. The summed E-state index contributed by atoms with van der Waals surface area (Å²) in [6, 6.07) is 9.53. The Morgan fingerprint density at radius 1 is 1.21 bits per heavy atom. The summed E-state index contributed by atoms with van der Waals surface area (Å²) >= 11 is 9.44. The fraction of sp³-hybridized carbons (Fsp3) is 0.200. The largest absolute Gasteiger partial charge is 0.493 e. The number of rotatable bonds is 5. The molecule has 1 fully saturated rings. The van der Waals surface area contributed by atoms with Crippen molar-refractivity contribution in [2.45, 2.75) is 20.0 Å². The molecular formula is C20H18BrClN2O4. The van der Waals surface area contributed by atoms with E-state index in [1.54, 1.807) is 42.5 Å². The number of amides is 3. The normalized spacial score (nSPS) is 15.4. The molecule has 1 aliphatic rings. The van der Waals surface area contributed by atoms with Crippen LogP contribution >= 0.6 is 27.5 Å². The lowest BCUT2D eigenvalue weighted by Crippen LogP contribution is -2.30. The fourth-order valence-corrected chi connectivity index (χ4v) is 3.46. The van der Waals surface area contributed by atoms with Gasteiger partial charge in [-0.1, -0.05) is 17.7 Å². The van der Waals surface area contributed by atoms with Crippen molar-refractivity contribution in [3.05, 3.63) is 57.2 Å². The first-order valence-electron chi connectivity index (χ1n) is 8.47. The van der Waals surface area contributed by atoms with E-state index in [-0.39, 0.29) is 11.8 Å². The molecule has 0 aliphatic carbocycles. The van der Waals surface area contributed by atoms with E-state index in [1.807, 2.05) is 13.8 Å². The average molecular weight is 466 g/mol. The minimum atomic E-state index is -0.538. The number of imide groups is 1. The molecule has 1 saturated heterocycles. The molecule has 0 spiro atoms. The van der Waals surface area contributed by atoms with Crippen LogP contribution in [0.1, 0.15) is 19.4 Å². The van der Waals surface area contributed by atoms with E-state index in [4.69, 9.17) is 21.1 Å². The highest BCUT2D eigenvalue weighted by atomic mass is 79.9. The number of benzene rings is 2. The van der Waals surface area contributed by atoms with Crippen LogP contribution in [0.5, 0.6) is 11.5 Å². The highest BCUT2D eigenvalue weighted by Crippen LogP contribution is 2.38. The Morgan fingerprint density at radius 3 is 2.61 bits per heavy atom. The first-order valence-corrected chi connectivity index (χ1v) is 9.64. The smallest absolute Gasteiger partial charge is 0.333 e. The van der Waals surface area contributed by atoms with Crippen LogP contribution in [0.25, 0.3) is 6.08 Å². The van der Waals surface area contributed by atoms with Gasteiger partial charge in [-0.25, -0.2) is 9.69 Å². The number of carbonyl (C=O) groups is 2. The molecular weight excluding hydrogens is 448 g/mol. The first kappa shape index (κ1) is 20.2. The predicted octanol–water partition coefficient (Wildman–Crippen LogP) is 5.00. The average Bonchev–Trinajstić information content (AvgIpc) is 2.90. The number of methoxy groups -OCH3 is 1. The topological polar surface area (TPSA) is 67.9 Å². The molecule has 146 valence electrons. The molecule has 1 N–H and O–H groups in total. The number of halogens is 2. The first-order chi connectivity index (χ1) is 13.3. The second-order valence-corrected chi connectivity index (χ2v) is 7.60. The maximum atomic E-state index is 12.7. The predicted molar refractivity (Wildman–Crippen MR) is 112 cm³/mol. The van der Waals surface area contributed by atoms with Gasteiger partial charge in [-0.3, -0.25) is 4.79 Å². The summed E-state index contributed by atoms with van der Waals surface area (Å²) in [5, 5.41) is 3.03. The minimum Gasteiger partial charge on any atom is -0.493 e. The van der Waals surface area contributed by atoms with Crippen LogP contribution in [0, 0.1) is 0 Å². The molecule has 3 rings (SSSR count). The van der Waals surface area contributed by atoms with E-state index in [0.29, 0.717) is 32.2 Å². The molecule has 0 unspecified atom stereocenters. The lowest BCUT2D eigenvalue weighted by atomic mass is 10.1. The van der Waals surface area contributed by atoms with Crippen LogP contribution in [0.15, 0.2) is 46.6 Å². The van der Waals surface area contributed by atoms with Gasteiger partial charge in [-0.2, -0.15) is 0 Å². The molecule has 0 saturated carbocycles. The van der Waals surface area contributed by atoms with Gasteiger partial charge in [0.15, 0.2) is 11.5 Å². The molecule has 1 heterocycles. The fourth-order valence-electron chi connectivity index (χ4n) is 2.72. The summed E-state index contributed by atoms with van der Waals surface area (Å²) in [5.41, 5.74) is 1.21. The molecule has 0 radical (unpaired) electrons. The Hall–Kier alpha value is -2.51. The Kier molecular flexibility index (Phi) is 5.96. The number of ether oxygens (including phenoxy) is 2. The molecule has 2 aromatic carbocycles. The lowest BCUT2D eigenvalue weighted by Gasteiger charge is -2.16. The van der Waals surface area contributed by atoms with Gasteiger partial charge >= 0.3 is 6.03 Å². The zero-order valence-electron chi connectivity index (χ0n) is 15.5. The van der Waals surface area contributed by atoms with Gasteiger partial charge in [0.1, 0.15) is 5.70 Å². The van der Waals surface area contributed by atoms with Crippen molar-refractivity contribution in [1.29, 1.82) is 0 Å². The number of nitrogens with zero attached hydrogens (tertiary/aromatic N) is 1. The number of anilines is 1. The molecule has 28 heavy (non-hydrogen) atoms. The zero-order valence-corrected chi connectivity index (χ0v) is 17.8. The minimum absolute atomic E-state index is 0.0312. The van der Waals surface area contributed by atoms with Gasteiger partial charge in [0.05, 0.1) is 23.4 Å². The van der Waals surface area contributed by atoms with Crippen LogP contribution in [0.4, 0.5) is 10.5 Å². The van der Waals surface area contributed by atoms with Crippen molar-refractivity contribution in [3.63, 3.8) is 0 Å². The monoisotopic (exact) mass is 464 g/mol. The van der Waals surface area contributed by atoms with Crippen molar-refractivity contribution in [3.8, 4) is 11.5 Å². The highest BCUT2D eigenvalue weighted by molar-refractivity contribution is 9.10. The number of urea groups is 1. The second kappa shape index (κ2) is 8.24. The third kappa shape index (κ3) is 4.15. The summed E-state index contributed by atoms with van der Waals surface area (Å²) in [5.74, 6) is 0.616. The number of nitrogens with one attached hydrogen (secondary N) is 1. The third-order valence-corrected chi connectivity index (χ3v) is 4.69. The Morgan fingerprint density at radius 2 is 1.96 bits per heavy atom. The maximum Gasteiger partial charge on any atom is 0.333 e. The van der Waals surface area contributed by atoms with E-state index < -0.39 is 11.9 Å². The van der Waals surface area contributed by atoms with E-state index in [1.165, 1.54) is 7.11 Å². The van der Waals surface area contributed by atoms with Crippen molar-refractivity contribution in [2.24, 2.45) is 0 Å². The summed E-state index contributed by atoms with van der Waals surface area (Å²) < 4.78 is 11.8. The molecule has 6 nitrogen and oxygen atoms in total. The standard InChI is InChI=1S/C20H18BrClN2O4/c1-11(2)28-18-15(21)7-12(9-17(18)27-3)8-16-19(25)24(20(26)23-16)14-6-4-5-13(22)10-14/h4-11H,1-3H3,(H,23,26)/b16-8+. The third-order valence-electron chi connectivity index (χ3n) is 3.86. The molecule has 0 bridgehead atoms. The molecule has 3 amide bonds. The molecule has 8 heteroatoms. The zero-order chi connectivity index (χ0) is 20.4. The summed E-state index contributed by atoms with van der Waals surface area (Å²) in [4.78, 5) is 26.1. The Balaban J connectivity index is 1.95. The summed E-state index contributed by atoms with van der Waals surface area (Å²) in [6.07, 6.45) is 1.55. The van der Waals surface area contributed by atoms with E-state index in [2.05, 4.69) is 21.2 Å². The number of carbonyl (C=O) groups excluding carboxylic acids is 2. The van der Waals surface area contributed by atoms with E-state index in [9.17, 15) is 9.59 Å². The summed E-state index contributed by atoms with van der Waals surface area (Å²) in [7, 11) is 1.54. The van der Waals surface area contributed by atoms with Crippen molar-refractivity contribution >= 4 is 51.2 Å². The van der Waals surface area contributed by atoms with Gasteiger partial charge in [-0.05, 0) is 71.7 Å². The van der Waals surface area contributed by atoms with E-state index >= 15 is 0 Å². The van der Waals surface area contributed by atoms with Gasteiger partial charge in [-0.15, -0.1) is 0 Å². The van der Waals surface area contributed by atoms with Crippen LogP contribution in [-0.4, -0.2) is 25.2 Å². The van der Waals surface area contributed by atoms with Gasteiger partial charge < -0.3 is 14.8 Å². The molecule has 2 aromatic rings. The molecule has 0 atom stereocenters. The summed E-state index contributed by atoms with van der Waals surface area (Å²) in [6.45, 7) is 3.83. The second-order valence-electron chi connectivity index (χ2n) is 6.31. The lowest BCUT2D eigenvalue weighted by molar-refractivity contribution is -0.113. The van der Waals surface area contributed by atoms with Gasteiger partial charge in [0.25, 0.3) is 5.91 Å².